The van der Waals surface area contributed by atoms with Crippen molar-refractivity contribution >= 4 is 35.0 Å². The van der Waals surface area contributed by atoms with E-state index >= 15 is 0 Å². The second-order valence-electron chi connectivity index (χ2n) is 5.12. The lowest BCUT2D eigenvalue weighted by Crippen LogP contribution is -2.14. The van der Waals surface area contributed by atoms with Crippen LogP contribution in [-0.2, 0) is 4.79 Å². The van der Waals surface area contributed by atoms with Gasteiger partial charge < -0.3 is 9.15 Å². The van der Waals surface area contributed by atoms with Crippen molar-refractivity contribution in [2.24, 2.45) is 0 Å². The monoisotopic (exact) mass is 377 g/mol. The largest absolute Gasteiger partial charge is 0.466 e. The SMILES string of the molecule is CC(C)Oc1nnc(SCC(=O)Nc2nnc(-c3ccccc3)o2)s1. The third kappa shape index (κ3) is 5.00. The predicted molar refractivity (Wildman–Crippen MR) is 94.8 cm³/mol. The minimum absolute atomic E-state index is 0.0328. The van der Waals surface area contributed by atoms with Gasteiger partial charge in [-0.05, 0) is 37.3 Å². The van der Waals surface area contributed by atoms with Gasteiger partial charge in [-0.1, -0.05) is 40.2 Å². The van der Waals surface area contributed by atoms with Gasteiger partial charge in [0.05, 0.1) is 11.9 Å². The van der Waals surface area contributed by atoms with E-state index in [0.29, 0.717) is 15.4 Å². The molecule has 0 fully saturated rings. The van der Waals surface area contributed by atoms with Crippen LogP contribution in [0.5, 0.6) is 5.19 Å². The smallest absolute Gasteiger partial charge is 0.322 e. The molecule has 2 aromatic heterocycles. The Morgan fingerprint density at radius 2 is 2.04 bits per heavy atom. The van der Waals surface area contributed by atoms with Crippen LogP contribution in [0.4, 0.5) is 6.01 Å². The third-order valence-corrected chi connectivity index (χ3v) is 4.69. The number of rotatable bonds is 7. The molecule has 25 heavy (non-hydrogen) atoms. The Labute approximate surface area is 152 Å². The van der Waals surface area contributed by atoms with Gasteiger partial charge in [-0.2, -0.15) is 0 Å². The molecule has 0 unspecified atom stereocenters. The Morgan fingerprint density at radius 1 is 1.24 bits per heavy atom. The van der Waals surface area contributed by atoms with Crippen LogP contribution in [0.1, 0.15) is 13.8 Å². The summed E-state index contributed by atoms with van der Waals surface area (Å²) in [4.78, 5) is 12.0. The molecule has 0 saturated carbocycles. The maximum atomic E-state index is 12.0. The summed E-state index contributed by atoms with van der Waals surface area (Å²) in [6.45, 7) is 3.82. The van der Waals surface area contributed by atoms with Gasteiger partial charge in [0.2, 0.25) is 11.8 Å². The predicted octanol–water partition coefficient (Wildman–Crippen LogP) is 3.11. The Morgan fingerprint density at radius 3 is 2.80 bits per heavy atom. The Balaban J connectivity index is 1.51. The topological polar surface area (TPSA) is 103 Å². The number of aromatic nitrogens is 4. The molecule has 0 saturated heterocycles. The summed E-state index contributed by atoms with van der Waals surface area (Å²) in [7, 11) is 0. The molecule has 0 radical (unpaired) electrons. The first-order chi connectivity index (χ1) is 12.1. The minimum Gasteiger partial charge on any atom is -0.466 e. The molecule has 0 spiro atoms. The van der Waals surface area contributed by atoms with Crippen LogP contribution >= 0.6 is 23.1 Å². The van der Waals surface area contributed by atoms with Crippen LogP contribution in [0.25, 0.3) is 11.5 Å². The van der Waals surface area contributed by atoms with Gasteiger partial charge in [0, 0.05) is 5.56 Å². The van der Waals surface area contributed by atoms with Crippen LogP contribution in [0, 0.1) is 0 Å². The van der Waals surface area contributed by atoms with Gasteiger partial charge in [-0.15, -0.1) is 10.2 Å². The average Bonchev–Trinajstić information content (AvgIpc) is 3.23. The zero-order valence-electron chi connectivity index (χ0n) is 13.5. The number of hydrogen-bond acceptors (Lipinski definition) is 9. The number of nitrogens with one attached hydrogen (secondary N) is 1. The molecule has 3 aromatic rings. The number of carbonyl (C=O) groups is 1. The lowest BCUT2D eigenvalue weighted by atomic mass is 10.2. The molecule has 0 bridgehead atoms. The highest BCUT2D eigenvalue weighted by Gasteiger charge is 2.13. The number of ether oxygens (including phenoxy) is 1. The molecule has 1 amide bonds. The van der Waals surface area contributed by atoms with E-state index in [-0.39, 0.29) is 23.8 Å². The molecule has 0 aliphatic heterocycles. The number of carbonyl (C=O) groups excluding carboxylic acids is 1. The molecule has 3 rings (SSSR count). The fourth-order valence-electron chi connectivity index (χ4n) is 1.76. The van der Waals surface area contributed by atoms with Crippen LogP contribution in [0.3, 0.4) is 0 Å². The highest BCUT2D eigenvalue weighted by Crippen LogP contribution is 2.27. The van der Waals surface area contributed by atoms with Crippen LogP contribution in [0.2, 0.25) is 0 Å². The van der Waals surface area contributed by atoms with Crippen molar-refractivity contribution in [1.82, 2.24) is 20.4 Å². The van der Waals surface area contributed by atoms with Crippen molar-refractivity contribution in [3.05, 3.63) is 30.3 Å². The molecule has 1 N–H and O–H groups in total. The van der Waals surface area contributed by atoms with Gasteiger partial charge in [-0.3, -0.25) is 10.1 Å². The van der Waals surface area contributed by atoms with E-state index < -0.39 is 0 Å². The maximum Gasteiger partial charge on any atom is 0.322 e. The third-order valence-electron chi connectivity index (χ3n) is 2.74. The second-order valence-corrected chi connectivity index (χ2v) is 7.28. The molecule has 1 aromatic carbocycles. The normalized spacial score (nSPS) is 10.8. The number of hydrogen-bond donors (Lipinski definition) is 1. The number of nitrogens with zero attached hydrogens (tertiary/aromatic N) is 4. The van der Waals surface area contributed by atoms with Gasteiger partial charge in [0.25, 0.3) is 5.19 Å². The fraction of sp³-hybridized carbons (Fsp3) is 0.267. The maximum absolute atomic E-state index is 12.0. The fourth-order valence-corrected chi connectivity index (χ4v) is 3.36. The van der Waals surface area contributed by atoms with E-state index in [2.05, 4.69) is 25.7 Å². The molecule has 0 atom stereocenters. The summed E-state index contributed by atoms with van der Waals surface area (Å²) in [5, 5.41) is 18.7. The summed E-state index contributed by atoms with van der Waals surface area (Å²) >= 11 is 2.56. The van der Waals surface area contributed by atoms with E-state index in [0.717, 1.165) is 5.56 Å². The van der Waals surface area contributed by atoms with Crippen molar-refractivity contribution < 1.29 is 13.9 Å². The van der Waals surface area contributed by atoms with Crippen molar-refractivity contribution in [2.75, 3.05) is 11.1 Å². The molecule has 0 aliphatic carbocycles. The van der Waals surface area contributed by atoms with E-state index in [1.165, 1.54) is 23.1 Å². The number of thioether (sulfide) groups is 1. The Bertz CT molecular complexity index is 835. The average molecular weight is 377 g/mol. The second kappa shape index (κ2) is 8.08. The summed E-state index contributed by atoms with van der Waals surface area (Å²) in [5.41, 5.74) is 0.788. The number of anilines is 1. The molecular weight excluding hydrogens is 362 g/mol. The molecule has 8 nitrogen and oxygen atoms in total. The highest BCUT2D eigenvalue weighted by molar-refractivity contribution is 8.01. The van der Waals surface area contributed by atoms with Crippen LogP contribution in [0.15, 0.2) is 39.1 Å². The summed E-state index contributed by atoms with van der Waals surface area (Å²) in [6.07, 6.45) is 0.0328. The molecular formula is C15H15N5O3S2. The van der Waals surface area contributed by atoms with Gasteiger partial charge in [0.15, 0.2) is 4.34 Å². The van der Waals surface area contributed by atoms with Crippen LogP contribution < -0.4 is 10.1 Å². The van der Waals surface area contributed by atoms with Gasteiger partial charge in [0.1, 0.15) is 0 Å². The number of benzene rings is 1. The molecule has 2 heterocycles. The molecule has 130 valence electrons. The Kier molecular flexibility index (Phi) is 5.61. The minimum atomic E-state index is -0.269. The first-order valence-corrected chi connectivity index (χ1v) is 9.22. The summed E-state index contributed by atoms with van der Waals surface area (Å²) in [5.74, 6) is 0.234. The lowest BCUT2D eigenvalue weighted by molar-refractivity contribution is -0.113. The number of amides is 1. The zero-order valence-corrected chi connectivity index (χ0v) is 15.1. The van der Waals surface area contributed by atoms with Crippen molar-refractivity contribution in [2.45, 2.75) is 24.3 Å². The van der Waals surface area contributed by atoms with Crippen LogP contribution in [-0.4, -0.2) is 38.2 Å². The standard InChI is InChI=1S/C15H15N5O3S2/c1-9(2)22-14-19-20-15(25-14)24-8-11(21)16-13-18-17-12(23-13)10-6-4-3-5-7-10/h3-7,9H,8H2,1-2H3,(H,16,18,21). The Hall–Kier alpha value is -2.46. The van der Waals surface area contributed by atoms with E-state index in [4.69, 9.17) is 9.15 Å². The first kappa shape index (κ1) is 17.4. The molecule has 0 aliphatic rings. The summed E-state index contributed by atoms with van der Waals surface area (Å²) in [6, 6.07) is 9.39. The van der Waals surface area contributed by atoms with Crippen molar-refractivity contribution in [3.63, 3.8) is 0 Å². The zero-order chi connectivity index (χ0) is 17.6. The first-order valence-electron chi connectivity index (χ1n) is 7.42. The lowest BCUT2D eigenvalue weighted by Gasteiger charge is -2.02. The van der Waals surface area contributed by atoms with Gasteiger partial charge in [-0.25, -0.2) is 0 Å². The quantitative estimate of drug-likeness (QED) is 0.627. The molecule has 10 heteroatoms. The van der Waals surface area contributed by atoms with Gasteiger partial charge >= 0.3 is 6.01 Å². The van der Waals surface area contributed by atoms with E-state index in [9.17, 15) is 4.79 Å². The summed E-state index contributed by atoms with van der Waals surface area (Å²) < 4.78 is 11.5. The van der Waals surface area contributed by atoms with E-state index in [1.54, 1.807) is 0 Å². The van der Waals surface area contributed by atoms with Crippen molar-refractivity contribution in [3.8, 4) is 16.6 Å². The highest BCUT2D eigenvalue weighted by atomic mass is 32.2. The van der Waals surface area contributed by atoms with Crippen molar-refractivity contribution in [1.29, 1.82) is 0 Å². The van der Waals surface area contributed by atoms with E-state index in [1.807, 2.05) is 44.2 Å².